The van der Waals surface area contributed by atoms with Gasteiger partial charge in [0.2, 0.25) is 0 Å². The third-order valence-corrected chi connectivity index (χ3v) is 3.70. The van der Waals surface area contributed by atoms with E-state index in [0.29, 0.717) is 16.5 Å². The van der Waals surface area contributed by atoms with Crippen LogP contribution in [0.2, 0.25) is 10.0 Å². The van der Waals surface area contributed by atoms with Gasteiger partial charge in [0.1, 0.15) is 0 Å². The van der Waals surface area contributed by atoms with Crippen molar-refractivity contribution in [3.8, 4) is 0 Å². The zero-order valence-corrected chi connectivity index (χ0v) is 13.1. The number of nitrogens with one attached hydrogen (secondary N) is 1. The maximum Gasteiger partial charge on any atom is 0.156 e. The van der Waals surface area contributed by atoms with Crippen LogP contribution in [0.25, 0.3) is 0 Å². The van der Waals surface area contributed by atoms with E-state index in [4.69, 9.17) is 23.2 Å². The van der Waals surface area contributed by atoms with E-state index in [1.165, 1.54) is 0 Å². The lowest BCUT2D eigenvalue weighted by atomic mass is 9.77. The minimum absolute atomic E-state index is 0.0312. The van der Waals surface area contributed by atoms with Crippen molar-refractivity contribution in [2.45, 2.75) is 26.7 Å². The van der Waals surface area contributed by atoms with Crippen molar-refractivity contribution in [3.63, 3.8) is 0 Å². The van der Waals surface area contributed by atoms with Crippen molar-refractivity contribution in [1.82, 2.24) is 0 Å². The van der Waals surface area contributed by atoms with E-state index < -0.39 is 0 Å². The van der Waals surface area contributed by atoms with Gasteiger partial charge in [0, 0.05) is 17.6 Å². The fraction of sp³-hybridized carbons (Fsp3) is 0.312. The van der Waals surface area contributed by atoms with Crippen molar-refractivity contribution in [2.75, 3.05) is 5.32 Å². The van der Waals surface area contributed by atoms with E-state index in [1.807, 2.05) is 12.1 Å². The monoisotopic (exact) mass is 309 g/mol. The Kier molecular flexibility index (Phi) is 4.56. The average Bonchev–Trinajstić information content (AvgIpc) is 2.29. The molecule has 0 bridgehead atoms. The van der Waals surface area contributed by atoms with Crippen LogP contribution in [0, 0.1) is 5.41 Å². The number of halogens is 2. The Morgan fingerprint density at radius 1 is 1.25 bits per heavy atom. The minimum Gasteiger partial charge on any atom is -0.360 e. The molecule has 0 aliphatic heterocycles. The van der Waals surface area contributed by atoms with Gasteiger partial charge < -0.3 is 5.32 Å². The smallest absolute Gasteiger partial charge is 0.156 e. The predicted octanol–water partition coefficient (Wildman–Crippen LogP) is 5.23. The molecule has 2 nitrogen and oxygen atoms in total. The van der Waals surface area contributed by atoms with Gasteiger partial charge in [-0.2, -0.15) is 0 Å². The van der Waals surface area contributed by atoms with Gasteiger partial charge in [0.25, 0.3) is 0 Å². The first kappa shape index (κ1) is 15.1. The normalized spacial score (nSPS) is 18.2. The summed E-state index contributed by atoms with van der Waals surface area (Å²) in [6, 6.07) is 5.28. The van der Waals surface area contributed by atoms with Crippen LogP contribution in [0.5, 0.6) is 0 Å². The highest BCUT2D eigenvalue weighted by atomic mass is 35.5. The predicted molar refractivity (Wildman–Crippen MR) is 85.3 cm³/mol. The van der Waals surface area contributed by atoms with Crippen LogP contribution >= 0.6 is 23.2 Å². The molecule has 0 spiro atoms. The number of hydrogen-bond acceptors (Lipinski definition) is 2. The summed E-state index contributed by atoms with van der Waals surface area (Å²) in [5, 5.41) is 4.28. The molecule has 20 heavy (non-hydrogen) atoms. The fourth-order valence-corrected chi connectivity index (χ4v) is 2.81. The quantitative estimate of drug-likeness (QED) is 0.827. The Morgan fingerprint density at radius 2 is 2.00 bits per heavy atom. The van der Waals surface area contributed by atoms with Gasteiger partial charge in [-0.25, -0.2) is 0 Å². The van der Waals surface area contributed by atoms with E-state index in [9.17, 15) is 4.79 Å². The zero-order chi connectivity index (χ0) is 14.8. The number of carbonyl (C=O) groups excluding carboxylic acids is 1. The van der Waals surface area contributed by atoms with E-state index in [0.717, 1.165) is 17.7 Å². The van der Waals surface area contributed by atoms with E-state index in [2.05, 4.69) is 19.2 Å². The Labute approximate surface area is 129 Å². The standard InChI is InChI=1S/C16H17Cl2NO/c1-16(2)9-11(7-13(20)10-16)5-6-19-15-4-3-12(17)8-14(15)18/h3-8,19H,9-10H2,1-2H3/b6-5+. The molecule has 1 aromatic carbocycles. The van der Waals surface area contributed by atoms with Gasteiger partial charge in [-0.1, -0.05) is 37.0 Å². The van der Waals surface area contributed by atoms with Gasteiger partial charge >= 0.3 is 0 Å². The first-order chi connectivity index (χ1) is 9.35. The number of rotatable bonds is 3. The molecule has 0 atom stereocenters. The lowest BCUT2D eigenvalue weighted by Gasteiger charge is -2.27. The van der Waals surface area contributed by atoms with Crippen LogP contribution < -0.4 is 5.32 Å². The van der Waals surface area contributed by atoms with Gasteiger partial charge in [0.05, 0.1) is 10.7 Å². The molecule has 1 N–H and O–H groups in total. The van der Waals surface area contributed by atoms with E-state index >= 15 is 0 Å². The number of hydrogen-bond donors (Lipinski definition) is 1. The van der Waals surface area contributed by atoms with Crippen molar-refractivity contribution < 1.29 is 4.79 Å². The molecule has 0 saturated carbocycles. The van der Waals surface area contributed by atoms with Crippen LogP contribution in [0.4, 0.5) is 5.69 Å². The lowest BCUT2D eigenvalue weighted by molar-refractivity contribution is -0.116. The Bertz CT molecular complexity index is 588. The number of allylic oxidation sites excluding steroid dienone is 3. The summed E-state index contributed by atoms with van der Waals surface area (Å²) < 4.78 is 0. The highest BCUT2D eigenvalue weighted by Crippen LogP contribution is 2.34. The van der Waals surface area contributed by atoms with Crippen LogP contribution in [0.15, 0.2) is 42.1 Å². The van der Waals surface area contributed by atoms with Crippen LogP contribution in [-0.2, 0) is 4.79 Å². The van der Waals surface area contributed by atoms with E-state index in [1.54, 1.807) is 24.4 Å². The molecule has 1 aromatic rings. The summed E-state index contributed by atoms with van der Waals surface area (Å²) in [7, 11) is 0. The van der Waals surface area contributed by atoms with Gasteiger partial charge in [-0.05, 0) is 47.8 Å². The first-order valence-electron chi connectivity index (χ1n) is 6.47. The van der Waals surface area contributed by atoms with Crippen LogP contribution in [-0.4, -0.2) is 5.78 Å². The highest BCUT2D eigenvalue weighted by molar-refractivity contribution is 6.36. The zero-order valence-electron chi connectivity index (χ0n) is 11.5. The lowest BCUT2D eigenvalue weighted by Crippen LogP contribution is -2.21. The SMILES string of the molecule is CC1(C)CC(=O)C=C(/C=C/Nc2ccc(Cl)cc2Cl)C1. The molecule has 0 fully saturated rings. The minimum atomic E-state index is 0.0312. The summed E-state index contributed by atoms with van der Waals surface area (Å²) in [6.07, 6.45) is 6.94. The van der Waals surface area contributed by atoms with Crippen molar-refractivity contribution >= 4 is 34.7 Å². The summed E-state index contributed by atoms with van der Waals surface area (Å²) in [6.45, 7) is 4.21. The van der Waals surface area contributed by atoms with E-state index in [-0.39, 0.29) is 11.2 Å². The molecule has 0 unspecified atom stereocenters. The molecule has 0 radical (unpaired) electrons. The summed E-state index contributed by atoms with van der Waals surface area (Å²) in [5.41, 5.74) is 1.85. The molecule has 1 aliphatic rings. The van der Waals surface area contributed by atoms with Gasteiger partial charge in [-0.15, -0.1) is 0 Å². The molecular formula is C16H17Cl2NO. The Hall–Kier alpha value is -1.25. The molecule has 2 rings (SSSR count). The number of ketones is 1. The maximum absolute atomic E-state index is 11.6. The fourth-order valence-electron chi connectivity index (χ4n) is 2.35. The molecule has 106 valence electrons. The molecule has 0 aromatic heterocycles. The van der Waals surface area contributed by atoms with Crippen molar-refractivity contribution in [2.24, 2.45) is 5.41 Å². The molecule has 0 amide bonds. The second-order valence-corrected chi connectivity index (χ2v) is 6.65. The van der Waals surface area contributed by atoms with Gasteiger partial charge in [-0.3, -0.25) is 4.79 Å². The largest absolute Gasteiger partial charge is 0.360 e. The number of anilines is 1. The Morgan fingerprint density at radius 3 is 2.65 bits per heavy atom. The first-order valence-corrected chi connectivity index (χ1v) is 7.23. The Balaban J connectivity index is 2.05. The maximum atomic E-state index is 11.6. The van der Waals surface area contributed by atoms with Crippen LogP contribution in [0.3, 0.4) is 0 Å². The topological polar surface area (TPSA) is 29.1 Å². The third-order valence-electron chi connectivity index (χ3n) is 3.15. The molecule has 4 heteroatoms. The number of benzene rings is 1. The third kappa shape index (κ3) is 4.12. The van der Waals surface area contributed by atoms with Crippen molar-refractivity contribution in [3.05, 3.63) is 52.2 Å². The van der Waals surface area contributed by atoms with Gasteiger partial charge in [0.15, 0.2) is 5.78 Å². The summed E-state index contributed by atoms with van der Waals surface area (Å²) in [4.78, 5) is 11.6. The molecule has 0 saturated heterocycles. The second-order valence-electron chi connectivity index (χ2n) is 5.81. The second kappa shape index (κ2) is 6.02. The molecule has 0 heterocycles. The van der Waals surface area contributed by atoms with Crippen LogP contribution in [0.1, 0.15) is 26.7 Å². The van der Waals surface area contributed by atoms with Crippen molar-refractivity contribution in [1.29, 1.82) is 0 Å². The number of carbonyl (C=O) groups is 1. The summed E-state index contributed by atoms with van der Waals surface area (Å²) in [5.74, 6) is 0.186. The summed E-state index contributed by atoms with van der Waals surface area (Å²) >= 11 is 11.9. The molecule has 1 aliphatic carbocycles. The molecular weight excluding hydrogens is 293 g/mol. The highest BCUT2D eigenvalue weighted by Gasteiger charge is 2.26. The average molecular weight is 310 g/mol.